The van der Waals surface area contributed by atoms with Gasteiger partial charge in [0.25, 0.3) is 5.69 Å². The van der Waals surface area contributed by atoms with Crippen molar-refractivity contribution in [3.05, 3.63) is 70.0 Å². The van der Waals surface area contributed by atoms with Crippen LogP contribution in [0.25, 0.3) is 0 Å². The first-order valence-electron chi connectivity index (χ1n) is 7.98. The van der Waals surface area contributed by atoms with Gasteiger partial charge in [0, 0.05) is 24.4 Å². The van der Waals surface area contributed by atoms with Crippen LogP contribution in [0.5, 0.6) is 0 Å². The molecule has 0 radical (unpaired) electrons. The van der Waals surface area contributed by atoms with E-state index in [1.54, 1.807) is 42.6 Å². The van der Waals surface area contributed by atoms with Crippen molar-refractivity contribution in [2.75, 3.05) is 13.7 Å². The maximum absolute atomic E-state index is 12.7. The van der Waals surface area contributed by atoms with Crippen molar-refractivity contribution in [3.63, 3.8) is 0 Å². The Balaban J connectivity index is 2.16. The average Bonchev–Trinajstić information content (AvgIpc) is 2.65. The van der Waals surface area contributed by atoms with Gasteiger partial charge in [0.15, 0.2) is 0 Å². The predicted molar refractivity (Wildman–Crippen MR) is 93.1 cm³/mol. The molecule has 0 atom stereocenters. The second-order valence-electron chi connectivity index (χ2n) is 5.53. The Bertz CT molecular complexity index is 779. The molecular weight excluding hydrogens is 338 g/mol. The number of hydrogen-bond donors (Lipinski definition) is 0. The van der Waals surface area contributed by atoms with Crippen molar-refractivity contribution in [2.45, 2.75) is 19.4 Å². The summed E-state index contributed by atoms with van der Waals surface area (Å²) >= 11 is 0. The summed E-state index contributed by atoms with van der Waals surface area (Å²) in [4.78, 5) is 40.4. The Labute approximate surface area is 150 Å². The highest BCUT2D eigenvalue weighted by molar-refractivity contribution is 5.80. The van der Waals surface area contributed by atoms with Crippen LogP contribution >= 0.6 is 0 Å². The molecule has 0 bridgehead atoms. The summed E-state index contributed by atoms with van der Waals surface area (Å²) in [5.74, 6) is -0.761. The summed E-state index contributed by atoms with van der Waals surface area (Å²) in [5.41, 5.74) is 0.881. The van der Waals surface area contributed by atoms with Crippen LogP contribution in [0.3, 0.4) is 0 Å². The monoisotopic (exact) mass is 357 g/mol. The van der Waals surface area contributed by atoms with Gasteiger partial charge >= 0.3 is 5.97 Å². The number of carbonyl (C=O) groups is 2. The van der Waals surface area contributed by atoms with E-state index in [2.05, 4.69) is 9.72 Å². The van der Waals surface area contributed by atoms with Crippen molar-refractivity contribution >= 4 is 17.6 Å². The molecule has 0 fully saturated rings. The lowest BCUT2D eigenvalue weighted by atomic mass is 10.1. The first kappa shape index (κ1) is 19.0. The molecule has 1 amide bonds. The first-order valence-corrected chi connectivity index (χ1v) is 7.98. The fourth-order valence-corrected chi connectivity index (χ4v) is 2.42. The standard InChI is InChI=1S/C18H19N3O5/c1-26-18(23)9-11-20(13-15-7-4-5-10-19-15)17(22)12-14-6-2-3-8-16(14)21(24)25/h2-8,10H,9,11-13H2,1H3. The number of pyridine rings is 1. The van der Waals surface area contributed by atoms with E-state index in [0.29, 0.717) is 11.3 Å². The molecule has 0 saturated carbocycles. The van der Waals surface area contributed by atoms with E-state index in [1.807, 2.05) is 0 Å². The zero-order chi connectivity index (χ0) is 18.9. The summed E-state index contributed by atoms with van der Waals surface area (Å²) in [6, 6.07) is 11.4. The number of aromatic nitrogens is 1. The highest BCUT2D eigenvalue weighted by atomic mass is 16.6. The van der Waals surface area contributed by atoms with E-state index in [0.717, 1.165) is 0 Å². The van der Waals surface area contributed by atoms with Crippen LogP contribution in [-0.2, 0) is 27.3 Å². The smallest absolute Gasteiger partial charge is 0.307 e. The van der Waals surface area contributed by atoms with Gasteiger partial charge < -0.3 is 9.64 Å². The summed E-state index contributed by atoms with van der Waals surface area (Å²) in [6.45, 7) is 0.347. The number of para-hydroxylation sites is 1. The molecule has 0 aliphatic heterocycles. The van der Waals surface area contributed by atoms with Crippen LogP contribution in [0.2, 0.25) is 0 Å². The number of ether oxygens (including phenoxy) is 1. The number of nitro groups is 1. The van der Waals surface area contributed by atoms with Gasteiger partial charge in [0.2, 0.25) is 5.91 Å². The minimum Gasteiger partial charge on any atom is -0.469 e. The van der Waals surface area contributed by atoms with Crippen LogP contribution in [0.4, 0.5) is 5.69 Å². The Morgan fingerprint density at radius 1 is 1.19 bits per heavy atom. The first-order chi connectivity index (χ1) is 12.5. The van der Waals surface area contributed by atoms with Crippen molar-refractivity contribution in [1.82, 2.24) is 9.88 Å². The molecule has 0 aliphatic carbocycles. The zero-order valence-corrected chi connectivity index (χ0v) is 14.3. The van der Waals surface area contributed by atoms with Gasteiger partial charge in [-0.1, -0.05) is 24.3 Å². The second-order valence-corrected chi connectivity index (χ2v) is 5.53. The number of rotatable bonds is 8. The second kappa shape index (κ2) is 9.26. The minimum absolute atomic E-state index is 0.0337. The third-order valence-electron chi connectivity index (χ3n) is 3.78. The molecule has 0 unspecified atom stereocenters. The summed E-state index contributed by atoms with van der Waals surface area (Å²) in [6.07, 6.45) is 1.51. The van der Waals surface area contributed by atoms with Gasteiger partial charge in [-0.15, -0.1) is 0 Å². The maximum Gasteiger partial charge on any atom is 0.307 e. The molecule has 1 heterocycles. The highest BCUT2D eigenvalue weighted by Gasteiger charge is 2.21. The molecule has 2 aromatic rings. The number of benzene rings is 1. The lowest BCUT2D eigenvalue weighted by Gasteiger charge is -2.22. The molecular formula is C18H19N3O5. The van der Waals surface area contributed by atoms with Crippen molar-refractivity contribution in [2.24, 2.45) is 0 Å². The van der Waals surface area contributed by atoms with Gasteiger partial charge in [-0.25, -0.2) is 0 Å². The van der Waals surface area contributed by atoms with E-state index >= 15 is 0 Å². The van der Waals surface area contributed by atoms with Crippen molar-refractivity contribution in [1.29, 1.82) is 0 Å². The van der Waals surface area contributed by atoms with Crippen LogP contribution in [0.1, 0.15) is 17.7 Å². The number of amides is 1. The predicted octanol–water partition coefficient (Wildman–Crippen LogP) is 2.12. The van der Waals surface area contributed by atoms with Crippen molar-refractivity contribution < 1.29 is 19.2 Å². The molecule has 8 nitrogen and oxygen atoms in total. The van der Waals surface area contributed by atoms with Crippen LogP contribution < -0.4 is 0 Å². The molecule has 0 saturated heterocycles. The highest BCUT2D eigenvalue weighted by Crippen LogP contribution is 2.19. The molecule has 26 heavy (non-hydrogen) atoms. The largest absolute Gasteiger partial charge is 0.469 e. The number of esters is 1. The number of carbonyl (C=O) groups excluding carboxylic acids is 2. The summed E-state index contributed by atoms with van der Waals surface area (Å²) in [5, 5.41) is 11.1. The fraction of sp³-hybridized carbons (Fsp3) is 0.278. The maximum atomic E-state index is 12.7. The normalized spacial score (nSPS) is 10.2. The van der Waals surface area contributed by atoms with Gasteiger partial charge in [0.1, 0.15) is 0 Å². The molecule has 1 aromatic heterocycles. The SMILES string of the molecule is COC(=O)CCN(Cc1ccccn1)C(=O)Cc1ccccc1[N+](=O)[O-]. The van der Waals surface area contributed by atoms with E-state index in [1.165, 1.54) is 18.1 Å². The molecule has 8 heteroatoms. The molecule has 0 spiro atoms. The molecule has 1 aromatic carbocycles. The van der Waals surface area contributed by atoms with Gasteiger partial charge in [0.05, 0.1) is 37.1 Å². The number of hydrogen-bond acceptors (Lipinski definition) is 6. The third kappa shape index (κ3) is 5.37. The Morgan fingerprint density at radius 2 is 1.92 bits per heavy atom. The lowest BCUT2D eigenvalue weighted by Crippen LogP contribution is -2.34. The zero-order valence-electron chi connectivity index (χ0n) is 14.3. The van der Waals surface area contributed by atoms with Gasteiger partial charge in [-0.2, -0.15) is 0 Å². The minimum atomic E-state index is -0.514. The fourth-order valence-electron chi connectivity index (χ4n) is 2.42. The Hall–Kier alpha value is -3.29. The van der Waals surface area contributed by atoms with Gasteiger partial charge in [-0.05, 0) is 12.1 Å². The average molecular weight is 357 g/mol. The third-order valence-corrected chi connectivity index (χ3v) is 3.78. The van der Waals surface area contributed by atoms with E-state index < -0.39 is 10.9 Å². The Morgan fingerprint density at radius 3 is 2.58 bits per heavy atom. The number of methoxy groups -OCH3 is 1. The molecule has 2 rings (SSSR count). The quantitative estimate of drug-likeness (QED) is 0.407. The summed E-state index contributed by atoms with van der Waals surface area (Å²) in [7, 11) is 1.28. The number of nitrogens with zero attached hydrogens (tertiary/aromatic N) is 3. The van der Waals surface area contributed by atoms with Crippen molar-refractivity contribution in [3.8, 4) is 0 Å². The van der Waals surface area contributed by atoms with E-state index in [4.69, 9.17) is 0 Å². The molecule has 0 aliphatic rings. The van der Waals surface area contributed by atoms with Gasteiger partial charge in [-0.3, -0.25) is 24.7 Å². The molecule has 136 valence electrons. The van der Waals surface area contributed by atoms with E-state index in [9.17, 15) is 19.7 Å². The topological polar surface area (TPSA) is 103 Å². The van der Waals surface area contributed by atoms with E-state index in [-0.39, 0.29) is 37.5 Å². The molecule has 0 N–H and O–H groups in total. The summed E-state index contributed by atoms with van der Waals surface area (Å²) < 4.78 is 4.62. The van der Waals surface area contributed by atoms with Crippen LogP contribution in [0, 0.1) is 10.1 Å². The van der Waals surface area contributed by atoms with Crippen LogP contribution in [-0.4, -0.2) is 40.3 Å². The Kier molecular flexibility index (Phi) is 6.78. The van der Waals surface area contributed by atoms with Crippen LogP contribution in [0.15, 0.2) is 48.7 Å². The lowest BCUT2D eigenvalue weighted by molar-refractivity contribution is -0.385. The number of nitro benzene ring substituents is 1.